The van der Waals surface area contributed by atoms with Gasteiger partial charge in [-0.2, -0.15) is 0 Å². The van der Waals surface area contributed by atoms with Gasteiger partial charge >= 0.3 is 0 Å². The molecule has 76 valence electrons. The molecule has 1 N–H and O–H groups in total. The molecule has 0 saturated heterocycles. The first-order chi connectivity index (χ1) is 6.51. The van der Waals surface area contributed by atoms with Crippen LogP contribution < -0.4 is 0 Å². The summed E-state index contributed by atoms with van der Waals surface area (Å²) in [5.74, 6) is 0.375. The zero-order valence-corrected chi connectivity index (χ0v) is 9.44. The van der Waals surface area contributed by atoms with Crippen molar-refractivity contribution in [1.82, 2.24) is 0 Å². The van der Waals surface area contributed by atoms with Gasteiger partial charge in [0.25, 0.3) is 0 Å². The fourth-order valence-corrected chi connectivity index (χ4v) is 1.99. The summed E-state index contributed by atoms with van der Waals surface area (Å²) in [7, 11) is 0. The first-order valence-corrected chi connectivity index (χ1v) is 5.45. The molecule has 3 heteroatoms. The fraction of sp³-hybridized carbons (Fsp3) is 0.455. The maximum absolute atomic E-state index is 10.2. The number of hydrogen-bond acceptors (Lipinski definition) is 1. The topological polar surface area (TPSA) is 20.2 Å². The highest BCUT2D eigenvalue weighted by molar-refractivity contribution is 6.42. The quantitative estimate of drug-likeness (QED) is 0.824. The van der Waals surface area contributed by atoms with Crippen LogP contribution in [-0.2, 0) is 5.60 Å². The van der Waals surface area contributed by atoms with Crippen molar-refractivity contribution in [3.05, 3.63) is 33.8 Å². The van der Waals surface area contributed by atoms with Crippen LogP contribution in [0, 0.1) is 5.92 Å². The summed E-state index contributed by atoms with van der Waals surface area (Å²) in [4.78, 5) is 0. The standard InChI is InChI=1S/C11H12Cl2O/c1-11(14,7-2-3-7)8-4-5-9(12)10(13)6-8/h4-7,14H,2-3H2,1H3. The van der Waals surface area contributed by atoms with Crippen LogP contribution in [0.3, 0.4) is 0 Å². The van der Waals surface area contributed by atoms with E-state index < -0.39 is 5.60 Å². The van der Waals surface area contributed by atoms with Crippen LogP contribution in [-0.4, -0.2) is 5.11 Å². The Morgan fingerprint density at radius 2 is 1.93 bits per heavy atom. The third kappa shape index (κ3) is 1.77. The molecule has 1 aromatic carbocycles. The van der Waals surface area contributed by atoms with Gasteiger partial charge in [0.1, 0.15) is 0 Å². The average Bonchev–Trinajstić information content (AvgIpc) is 2.92. The smallest absolute Gasteiger partial charge is 0.0897 e. The van der Waals surface area contributed by atoms with E-state index in [-0.39, 0.29) is 0 Å². The molecule has 0 bridgehead atoms. The predicted molar refractivity (Wildman–Crippen MR) is 58.8 cm³/mol. The van der Waals surface area contributed by atoms with Crippen molar-refractivity contribution in [2.45, 2.75) is 25.4 Å². The molecule has 1 nitrogen and oxygen atoms in total. The summed E-state index contributed by atoms with van der Waals surface area (Å²) in [6.45, 7) is 1.84. The molecule has 0 heterocycles. The van der Waals surface area contributed by atoms with Crippen LogP contribution in [0.25, 0.3) is 0 Å². The number of rotatable bonds is 2. The second-order valence-electron chi connectivity index (χ2n) is 4.05. The minimum absolute atomic E-state index is 0.375. The SMILES string of the molecule is CC(O)(c1ccc(Cl)c(Cl)c1)C1CC1. The number of benzene rings is 1. The molecule has 1 aliphatic carbocycles. The Kier molecular flexibility index (Phi) is 2.50. The van der Waals surface area contributed by atoms with Crippen molar-refractivity contribution in [2.75, 3.05) is 0 Å². The molecule has 1 fully saturated rings. The highest BCUT2D eigenvalue weighted by atomic mass is 35.5. The predicted octanol–water partition coefficient (Wildman–Crippen LogP) is 3.61. The largest absolute Gasteiger partial charge is 0.385 e. The highest BCUT2D eigenvalue weighted by Crippen LogP contribution is 2.46. The molecule has 1 aliphatic rings. The van der Waals surface area contributed by atoms with Gasteiger partial charge in [0.2, 0.25) is 0 Å². The maximum atomic E-state index is 10.2. The molecule has 2 rings (SSSR count). The Bertz CT molecular complexity index is 356. The Morgan fingerprint density at radius 1 is 1.29 bits per heavy atom. The molecule has 0 spiro atoms. The van der Waals surface area contributed by atoms with Gasteiger partial charge in [0.05, 0.1) is 15.6 Å². The molecule has 0 radical (unpaired) electrons. The monoisotopic (exact) mass is 230 g/mol. The van der Waals surface area contributed by atoms with Crippen molar-refractivity contribution in [1.29, 1.82) is 0 Å². The summed E-state index contributed by atoms with van der Waals surface area (Å²) in [5.41, 5.74) is 0.100. The van der Waals surface area contributed by atoms with E-state index in [9.17, 15) is 5.11 Å². The summed E-state index contributed by atoms with van der Waals surface area (Å²) in [5, 5.41) is 11.3. The van der Waals surface area contributed by atoms with E-state index in [1.165, 1.54) is 0 Å². The van der Waals surface area contributed by atoms with Crippen molar-refractivity contribution >= 4 is 23.2 Å². The lowest BCUT2D eigenvalue weighted by atomic mass is 9.91. The Labute approximate surface area is 93.7 Å². The summed E-state index contributed by atoms with van der Waals surface area (Å²) < 4.78 is 0. The van der Waals surface area contributed by atoms with Crippen molar-refractivity contribution in [2.24, 2.45) is 5.92 Å². The number of halogens is 2. The lowest BCUT2D eigenvalue weighted by Crippen LogP contribution is -2.23. The number of hydrogen-bond donors (Lipinski definition) is 1. The second kappa shape index (κ2) is 3.41. The van der Waals surface area contributed by atoms with E-state index in [0.29, 0.717) is 16.0 Å². The minimum atomic E-state index is -0.756. The maximum Gasteiger partial charge on any atom is 0.0897 e. The van der Waals surface area contributed by atoms with Gasteiger partial charge in [0.15, 0.2) is 0 Å². The fourth-order valence-electron chi connectivity index (χ4n) is 1.69. The molecule has 0 aromatic heterocycles. The van der Waals surface area contributed by atoms with Crippen LogP contribution in [0.2, 0.25) is 10.0 Å². The third-order valence-electron chi connectivity index (χ3n) is 2.88. The van der Waals surface area contributed by atoms with Crippen LogP contribution in [0.5, 0.6) is 0 Å². The van der Waals surface area contributed by atoms with E-state index in [1.807, 2.05) is 13.0 Å². The van der Waals surface area contributed by atoms with E-state index in [1.54, 1.807) is 12.1 Å². The van der Waals surface area contributed by atoms with Gasteiger partial charge in [-0.3, -0.25) is 0 Å². The van der Waals surface area contributed by atoms with Gasteiger partial charge in [-0.1, -0.05) is 29.3 Å². The molecule has 1 unspecified atom stereocenters. The van der Waals surface area contributed by atoms with Crippen LogP contribution >= 0.6 is 23.2 Å². The van der Waals surface area contributed by atoms with Gasteiger partial charge < -0.3 is 5.11 Å². The molecule has 1 aromatic rings. The molecule has 0 aliphatic heterocycles. The zero-order chi connectivity index (χ0) is 10.3. The van der Waals surface area contributed by atoms with E-state index in [2.05, 4.69) is 0 Å². The van der Waals surface area contributed by atoms with Crippen LogP contribution in [0.1, 0.15) is 25.3 Å². The Balaban J connectivity index is 2.36. The van der Waals surface area contributed by atoms with E-state index in [0.717, 1.165) is 18.4 Å². The van der Waals surface area contributed by atoms with Crippen LogP contribution in [0.15, 0.2) is 18.2 Å². The normalized spacial score (nSPS) is 20.6. The van der Waals surface area contributed by atoms with Crippen LogP contribution in [0.4, 0.5) is 0 Å². The third-order valence-corrected chi connectivity index (χ3v) is 3.62. The molecule has 0 amide bonds. The van der Waals surface area contributed by atoms with E-state index in [4.69, 9.17) is 23.2 Å². The molecular formula is C11H12Cl2O. The summed E-state index contributed by atoms with van der Waals surface area (Å²) in [6.07, 6.45) is 2.18. The Hall–Kier alpha value is -0.240. The first-order valence-electron chi connectivity index (χ1n) is 4.69. The number of aliphatic hydroxyl groups is 1. The summed E-state index contributed by atoms with van der Waals surface area (Å²) in [6, 6.07) is 5.32. The zero-order valence-electron chi connectivity index (χ0n) is 7.93. The van der Waals surface area contributed by atoms with Gasteiger partial charge in [-0.15, -0.1) is 0 Å². The average molecular weight is 231 g/mol. The van der Waals surface area contributed by atoms with E-state index >= 15 is 0 Å². The molecular weight excluding hydrogens is 219 g/mol. The van der Waals surface area contributed by atoms with Gasteiger partial charge in [-0.25, -0.2) is 0 Å². The molecule has 14 heavy (non-hydrogen) atoms. The van der Waals surface area contributed by atoms with Gasteiger partial charge in [0, 0.05) is 0 Å². The lowest BCUT2D eigenvalue weighted by Gasteiger charge is -2.23. The van der Waals surface area contributed by atoms with Crippen molar-refractivity contribution in [3.63, 3.8) is 0 Å². The highest BCUT2D eigenvalue weighted by Gasteiger charge is 2.41. The lowest BCUT2D eigenvalue weighted by molar-refractivity contribution is 0.0331. The van der Waals surface area contributed by atoms with Crippen molar-refractivity contribution in [3.8, 4) is 0 Å². The van der Waals surface area contributed by atoms with Gasteiger partial charge in [-0.05, 0) is 43.4 Å². The molecule has 1 atom stereocenters. The van der Waals surface area contributed by atoms with Crippen molar-refractivity contribution < 1.29 is 5.11 Å². The Morgan fingerprint density at radius 3 is 2.43 bits per heavy atom. The first kappa shape index (κ1) is 10.3. The minimum Gasteiger partial charge on any atom is -0.385 e. The second-order valence-corrected chi connectivity index (χ2v) is 4.87. The summed E-state index contributed by atoms with van der Waals surface area (Å²) >= 11 is 11.7. The molecule has 1 saturated carbocycles.